The summed E-state index contributed by atoms with van der Waals surface area (Å²) in [5, 5.41) is 18.0. The number of nitrogens with two attached hydrogens (primary N) is 2. The van der Waals surface area contributed by atoms with Gasteiger partial charge in [0.25, 0.3) is 0 Å². The van der Waals surface area contributed by atoms with Crippen LogP contribution in [-0.4, -0.2) is 96.3 Å². The molecule has 0 spiro atoms. The zero-order valence-electron chi connectivity index (χ0n) is 42.8. The number of aromatic nitrogens is 1. The van der Waals surface area contributed by atoms with Crippen LogP contribution in [0.1, 0.15) is 66.0 Å². The van der Waals surface area contributed by atoms with Gasteiger partial charge >= 0.3 is 6.09 Å². The van der Waals surface area contributed by atoms with Gasteiger partial charge in [-0.25, -0.2) is 4.79 Å². The molecule has 0 radical (unpaired) electrons. The van der Waals surface area contributed by atoms with Gasteiger partial charge in [-0.15, -0.1) is 0 Å². The lowest BCUT2D eigenvalue weighted by Gasteiger charge is -2.30. The number of H-pyrrole nitrogens is 1. The minimum Gasteiger partial charge on any atom is -0.489 e. The highest BCUT2D eigenvalue weighted by Crippen LogP contribution is 2.37. The Hall–Kier alpha value is -8.35. The molecule has 6 amide bonds. The zero-order chi connectivity index (χ0) is 54.1. The number of Topliss-reactive ketones (excluding diaryl/α,β-unsaturated/α-hetero) is 1. The van der Waals surface area contributed by atoms with Crippen molar-refractivity contribution >= 4 is 52.3 Å². The van der Waals surface area contributed by atoms with E-state index in [4.69, 9.17) is 20.9 Å². The van der Waals surface area contributed by atoms with Crippen LogP contribution in [0.3, 0.4) is 0 Å². The molecule has 8 atom stereocenters. The van der Waals surface area contributed by atoms with Crippen molar-refractivity contribution in [3.05, 3.63) is 174 Å². The number of carbonyl (C=O) groups excluding carboxylic acids is 7. The Bertz CT molecular complexity index is 2960. The number of ether oxygens (including phenoxy) is 2. The number of unbranched alkanes of at least 4 members (excludes halogenated alkanes) is 1. The van der Waals surface area contributed by atoms with Gasteiger partial charge in [0.1, 0.15) is 42.6 Å². The highest BCUT2D eigenvalue weighted by Gasteiger charge is 2.47. The number of hydrogen-bond acceptors (Lipinski definition) is 11. The molecule has 6 aromatic rings. The summed E-state index contributed by atoms with van der Waals surface area (Å²) < 4.78 is 11.8. The Morgan fingerprint density at radius 1 is 0.545 bits per heavy atom. The fraction of sp³-hybridized carbons (Fsp3) is 0.339. The summed E-state index contributed by atoms with van der Waals surface area (Å²) in [7, 11) is 0. The molecule has 402 valence electrons. The highest BCUT2D eigenvalue weighted by atomic mass is 16.6. The van der Waals surface area contributed by atoms with E-state index in [1.54, 1.807) is 72.9 Å². The van der Waals surface area contributed by atoms with Crippen LogP contribution in [0.2, 0.25) is 0 Å². The number of rotatable bonds is 17. The summed E-state index contributed by atoms with van der Waals surface area (Å²) in [6, 6.07) is 35.3. The van der Waals surface area contributed by atoms with Crippen LogP contribution in [0.5, 0.6) is 5.75 Å². The van der Waals surface area contributed by atoms with Crippen molar-refractivity contribution in [3.8, 4) is 5.75 Å². The SMILES string of the molecule is NCCCC[C@@H]1NC(=O)[C@@H](Cc2c[nH]c3ccccc23)NC(=O)[C@H](c2ccccc2)NC(=O)[C@@H]2C[C@@H](OC(=O)NCCN)CC2C(=O)[C@H](Cc2ccccc2)NC(=O)[C@H](Cc2ccc(OCc3ccccc3)cc2)NC1=O. The third-order valence-electron chi connectivity index (χ3n) is 14.1. The number of para-hydroxylation sites is 1. The van der Waals surface area contributed by atoms with Crippen LogP contribution in [-0.2, 0) is 59.4 Å². The van der Waals surface area contributed by atoms with Crippen molar-refractivity contribution < 1.29 is 43.0 Å². The lowest BCUT2D eigenvalue weighted by atomic mass is 9.85. The molecular formula is C59H67N9O9. The van der Waals surface area contributed by atoms with E-state index in [0.29, 0.717) is 54.0 Å². The molecule has 1 saturated carbocycles. The van der Waals surface area contributed by atoms with E-state index < -0.39 is 89.6 Å². The molecule has 1 saturated heterocycles. The molecule has 0 bridgehead atoms. The number of nitrogens with one attached hydrogen (secondary N) is 7. The summed E-state index contributed by atoms with van der Waals surface area (Å²) >= 11 is 0. The smallest absolute Gasteiger partial charge is 0.407 e. The van der Waals surface area contributed by atoms with Gasteiger partial charge in [0.2, 0.25) is 29.5 Å². The second kappa shape index (κ2) is 26.9. The number of benzene rings is 5. The molecule has 1 aromatic heterocycles. The van der Waals surface area contributed by atoms with Crippen molar-refractivity contribution in [2.75, 3.05) is 19.6 Å². The van der Waals surface area contributed by atoms with E-state index in [1.165, 1.54) is 0 Å². The average Bonchev–Trinajstić information content (AvgIpc) is 4.08. The first kappa shape index (κ1) is 54.9. The topological polar surface area (TPSA) is 278 Å². The molecule has 2 aliphatic rings. The van der Waals surface area contributed by atoms with E-state index in [0.717, 1.165) is 16.5 Å². The van der Waals surface area contributed by atoms with E-state index in [1.807, 2.05) is 72.8 Å². The van der Waals surface area contributed by atoms with Gasteiger partial charge in [0, 0.05) is 48.9 Å². The van der Waals surface area contributed by atoms with Crippen molar-refractivity contribution in [2.24, 2.45) is 23.3 Å². The Kier molecular flexibility index (Phi) is 19.2. The largest absolute Gasteiger partial charge is 0.489 e. The Labute approximate surface area is 447 Å². The molecule has 2 heterocycles. The van der Waals surface area contributed by atoms with Crippen LogP contribution in [0.4, 0.5) is 4.79 Å². The van der Waals surface area contributed by atoms with Crippen molar-refractivity contribution in [3.63, 3.8) is 0 Å². The van der Waals surface area contributed by atoms with Gasteiger partial charge in [-0.2, -0.15) is 0 Å². The summed E-state index contributed by atoms with van der Waals surface area (Å²) in [5.41, 5.74) is 15.7. The van der Waals surface area contributed by atoms with Gasteiger partial charge < -0.3 is 57.8 Å². The monoisotopic (exact) mass is 1050 g/mol. The quantitative estimate of drug-likeness (QED) is 0.0579. The summed E-state index contributed by atoms with van der Waals surface area (Å²) in [6.07, 6.45) is 0.822. The first-order valence-electron chi connectivity index (χ1n) is 26.3. The standard InChI is InChI=1S/C59H67N9O9/c60-27-13-12-22-48-55(71)66-50(31-38-23-25-42(26-24-38)76-36-39-16-6-2-7-17-39)56(72)65-49(30-37-14-4-1-5-15-37)53(69)45-33-43(77-59(75)62-29-28-61)34-46(45)54(70)68-52(40-18-8-3-9-19-40)58(74)67-51(57(73)64-48)32-41-35-63-47-21-11-10-20-44(41)47/h1-11,14-21,23-26,35,43,45-46,48-52,63H,12-13,22,27-34,36,60-61H2,(H,62,75)(H,64,73)(H,65,72)(H,66,71)(H,67,74)(H,68,70)/t43-,45?,46+,48-,49-,50-,51+,52-/m0/s1. The molecule has 1 unspecified atom stereocenters. The lowest BCUT2D eigenvalue weighted by molar-refractivity contribution is -0.138. The number of aromatic amines is 1. The number of fused-ring (bicyclic) bond motifs is 2. The third kappa shape index (κ3) is 15.0. The van der Waals surface area contributed by atoms with Gasteiger partial charge in [0.15, 0.2) is 5.78 Å². The van der Waals surface area contributed by atoms with Crippen molar-refractivity contribution in [2.45, 2.75) is 94.3 Å². The van der Waals surface area contributed by atoms with Gasteiger partial charge in [0.05, 0.1) is 12.0 Å². The molecule has 18 heteroatoms. The maximum absolute atomic E-state index is 15.4. The molecule has 1 aliphatic heterocycles. The Balaban J connectivity index is 1.19. The summed E-state index contributed by atoms with van der Waals surface area (Å²) in [5.74, 6) is -5.76. The fourth-order valence-electron chi connectivity index (χ4n) is 10.1. The number of ketones is 1. The number of carbonyl (C=O) groups is 7. The van der Waals surface area contributed by atoms with Crippen molar-refractivity contribution in [1.29, 1.82) is 0 Å². The predicted molar refractivity (Wildman–Crippen MR) is 290 cm³/mol. The van der Waals surface area contributed by atoms with Gasteiger partial charge in [-0.3, -0.25) is 28.8 Å². The van der Waals surface area contributed by atoms with Crippen LogP contribution < -0.4 is 48.1 Å². The van der Waals surface area contributed by atoms with Crippen LogP contribution >= 0.6 is 0 Å². The van der Waals surface area contributed by atoms with Crippen LogP contribution in [0.15, 0.2) is 146 Å². The van der Waals surface area contributed by atoms with Crippen LogP contribution in [0.25, 0.3) is 10.9 Å². The molecule has 1 aliphatic carbocycles. The molecule has 5 aromatic carbocycles. The minimum atomic E-state index is -1.39. The summed E-state index contributed by atoms with van der Waals surface area (Å²) in [6.45, 7) is 0.907. The third-order valence-corrected chi connectivity index (χ3v) is 14.1. The van der Waals surface area contributed by atoms with Crippen LogP contribution in [0, 0.1) is 11.8 Å². The second-order valence-electron chi connectivity index (χ2n) is 19.6. The van der Waals surface area contributed by atoms with Gasteiger partial charge in [-0.1, -0.05) is 121 Å². The number of alkyl carbamates (subject to hydrolysis) is 1. The first-order chi connectivity index (χ1) is 37.5. The summed E-state index contributed by atoms with van der Waals surface area (Å²) in [4.78, 5) is 106. The first-order valence-corrected chi connectivity index (χ1v) is 26.3. The van der Waals surface area contributed by atoms with Gasteiger partial charge in [-0.05, 0) is 91.1 Å². The molecule has 18 nitrogen and oxygen atoms in total. The van der Waals surface area contributed by atoms with Crippen molar-refractivity contribution in [1.82, 2.24) is 36.9 Å². The number of amides is 6. The van der Waals surface area contributed by atoms with E-state index in [9.17, 15) is 24.0 Å². The fourth-order valence-corrected chi connectivity index (χ4v) is 10.1. The minimum absolute atomic E-state index is 0.00247. The average molecular weight is 1050 g/mol. The van der Waals surface area contributed by atoms with E-state index in [2.05, 4.69) is 36.9 Å². The molecule has 11 N–H and O–H groups in total. The Morgan fingerprint density at radius 2 is 1.12 bits per heavy atom. The molecule has 8 rings (SSSR count). The van der Waals surface area contributed by atoms with E-state index >= 15 is 9.59 Å². The number of hydrogen-bond donors (Lipinski definition) is 9. The maximum atomic E-state index is 15.4. The zero-order valence-corrected chi connectivity index (χ0v) is 42.8. The highest BCUT2D eigenvalue weighted by molar-refractivity contribution is 6.00. The van der Waals surface area contributed by atoms with E-state index in [-0.39, 0.29) is 51.6 Å². The maximum Gasteiger partial charge on any atom is 0.407 e. The molecular weight excluding hydrogens is 979 g/mol. The Morgan fingerprint density at radius 3 is 1.82 bits per heavy atom. The molecule has 77 heavy (non-hydrogen) atoms. The second-order valence-corrected chi connectivity index (χ2v) is 19.6. The predicted octanol–water partition coefficient (Wildman–Crippen LogP) is 4.36. The molecule has 2 fully saturated rings. The normalized spacial score (nSPS) is 22.5. The lowest BCUT2D eigenvalue weighted by Crippen LogP contribution is -2.59.